The zero-order valence-corrected chi connectivity index (χ0v) is 13.4. The fourth-order valence-corrected chi connectivity index (χ4v) is 4.94. The van der Waals surface area contributed by atoms with Gasteiger partial charge in [-0.2, -0.15) is 0 Å². The third-order valence-corrected chi connectivity index (χ3v) is 5.68. The van der Waals surface area contributed by atoms with E-state index in [0.717, 1.165) is 0 Å². The van der Waals surface area contributed by atoms with Gasteiger partial charge in [0.2, 0.25) is 0 Å². The largest absolute Gasteiger partial charge is 0.369 e. The van der Waals surface area contributed by atoms with Crippen LogP contribution in [0.25, 0.3) is 0 Å². The molecule has 3 aliphatic carbocycles. The van der Waals surface area contributed by atoms with E-state index in [0.29, 0.717) is 36.9 Å². The highest BCUT2D eigenvalue weighted by Gasteiger charge is 2.55. The predicted molar refractivity (Wildman–Crippen MR) is 91.9 cm³/mol. The number of fused-ring (bicyclic) bond motifs is 6. The summed E-state index contributed by atoms with van der Waals surface area (Å²) < 4.78 is 12.5. The molecule has 0 aliphatic heterocycles. The van der Waals surface area contributed by atoms with E-state index in [-0.39, 0.29) is 12.2 Å². The van der Waals surface area contributed by atoms with Crippen molar-refractivity contribution in [1.82, 2.24) is 0 Å². The van der Waals surface area contributed by atoms with E-state index in [1.807, 2.05) is 12.2 Å². The van der Waals surface area contributed by atoms with E-state index in [1.54, 1.807) is 0 Å². The van der Waals surface area contributed by atoms with Gasteiger partial charge in [-0.15, -0.1) is 13.2 Å². The lowest BCUT2D eigenvalue weighted by molar-refractivity contribution is -0.0730. The maximum atomic E-state index is 6.25. The Labute approximate surface area is 138 Å². The standard InChI is InChI=1S/C21H24O2/c1-3-11-22-20-16-7-5-6-8-17(16)21(23-12-4-2)19-15-10-9-14(13-15)18(19)20/h3-10,14-15,18-21H,1-2,11-13H2/t14-,15+,18-,19+,20+,21-. The van der Waals surface area contributed by atoms with Gasteiger partial charge >= 0.3 is 0 Å². The van der Waals surface area contributed by atoms with E-state index in [9.17, 15) is 0 Å². The minimum atomic E-state index is 0.151. The Morgan fingerprint density at radius 1 is 0.870 bits per heavy atom. The van der Waals surface area contributed by atoms with Crippen LogP contribution in [0, 0.1) is 23.7 Å². The summed E-state index contributed by atoms with van der Waals surface area (Å²) in [5, 5.41) is 0. The molecule has 2 bridgehead atoms. The van der Waals surface area contributed by atoms with Gasteiger partial charge in [-0.25, -0.2) is 0 Å². The average molecular weight is 308 g/mol. The van der Waals surface area contributed by atoms with Crippen LogP contribution < -0.4 is 0 Å². The molecule has 0 N–H and O–H groups in total. The summed E-state index contributed by atoms with van der Waals surface area (Å²) in [4.78, 5) is 0. The number of hydrogen-bond donors (Lipinski definition) is 0. The molecule has 0 amide bonds. The van der Waals surface area contributed by atoms with Gasteiger partial charge in [-0.05, 0) is 29.4 Å². The van der Waals surface area contributed by atoms with Crippen LogP contribution in [-0.4, -0.2) is 13.2 Å². The van der Waals surface area contributed by atoms with E-state index in [4.69, 9.17) is 9.47 Å². The minimum absolute atomic E-state index is 0.151. The summed E-state index contributed by atoms with van der Waals surface area (Å²) in [6, 6.07) is 8.63. The predicted octanol–water partition coefficient (Wildman–Crippen LogP) is 4.63. The molecule has 0 aromatic heterocycles. The van der Waals surface area contributed by atoms with Gasteiger partial charge in [-0.3, -0.25) is 0 Å². The van der Waals surface area contributed by atoms with Gasteiger partial charge < -0.3 is 9.47 Å². The van der Waals surface area contributed by atoms with Crippen LogP contribution in [-0.2, 0) is 9.47 Å². The van der Waals surface area contributed by atoms with Crippen LogP contribution in [0.5, 0.6) is 0 Å². The zero-order chi connectivity index (χ0) is 15.8. The van der Waals surface area contributed by atoms with Crippen molar-refractivity contribution in [3.8, 4) is 0 Å². The first-order chi connectivity index (χ1) is 11.3. The molecule has 120 valence electrons. The van der Waals surface area contributed by atoms with Crippen LogP contribution in [0.4, 0.5) is 0 Å². The minimum Gasteiger partial charge on any atom is -0.369 e. The second-order valence-corrected chi connectivity index (χ2v) is 6.82. The molecular weight excluding hydrogens is 284 g/mol. The van der Waals surface area contributed by atoms with Crippen molar-refractivity contribution in [1.29, 1.82) is 0 Å². The fourth-order valence-electron chi connectivity index (χ4n) is 4.94. The molecule has 0 spiro atoms. The molecule has 1 fully saturated rings. The number of ether oxygens (including phenoxy) is 2. The summed E-state index contributed by atoms with van der Waals surface area (Å²) in [6.07, 6.45) is 10.0. The summed E-state index contributed by atoms with van der Waals surface area (Å²) in [5.41, 5.74) is 2.59. The normalized spacial score (nSPS) is 36.5. The topological polar surface area (TPSA) is 18.5 Å². The maximum absolute atomic E-state index is 6.25. The maximum Gasteiger partial charge on any atom is 0.0870 e. The number of hydrogen-bond acceptors (Lipinski definition) is 2. The molecular formula is C21H24O2. The molecule has 1 aromatic rings. The van der Waals surface area contributed by atoms with Gasteiger partial charge in [0.15, 0.2) is 0 Å². The highest BCUT2D eigenvalue weighted by Crippen LogP contribution is 2.61. The van der Waals surface area contributed by atoms with Crippen molar-refractivity contribution < 1.29 is 9.47 Å². The van der Waals surface area contributed by atoms with Crippen molar-refractivity contribution in [2.75, 3.05) is 13.2 Å². The van der Waals surface area contributed by atoms with Crippen molar-refractivity contribution in [2.24, 2.45) is 23.7 Å². The Balaban J connectivity index is 1.77. The van der Waals surface area contributed by atoms with E-state index < -0.39 is 0 Å². The quantitative estimate of drug-likeness (QED) is 0.714. The van der Waals surface area contributed by atoms with Crippen LogP contribution in [0.3, 0.4) is 0 Å². The lowest BCUT2D eigenvalue weighted by Gasteiger charge is -2.44. The molecule has 3 aliphatic rings. The summed E-state index contributed by atoms with van der Waals surface area (Å²) >= 11 is 0. The average Bonchev–Trinajstić information content (AvgIpc) is 3.20. The Morgan fingerprint density at radius 3 is 1.78 bits per heavy atom. The first-order valence-corrected chi connectivity index (χ1v) is 8.57. The van der Waals surface area contributed by atoms with Crippen molar-refractivity contribution in [2.45, 2.75) is 18.6 Å². The zero-order valence-electron chi connectivity index (χ0n) is 13.4. The van der Waals surface area contributed by atoms with Gasteiger partial charge in [0, 0.05) is 11.8 Å². The first kappa shape index (κ1) is 14.9. The Bertz CT molecular complexity index is 579. The highest BCUT2D eigenvalue weighted by molar-refractivity contribution is 5.38. The van der Waals surface area contributed by atoms with Crippen molar-refractivity contribution in [3.05, 3.63) is 72.9 Å². The molecule has 0 saturated heterocycles. The van der Waals surface area contributed by atoms with E-state index >= 15 is 0 Å². The molecule has 0 radical (unpaired) electrons. The molecule has 0 heterocycles. The lowest BCUT2D eigenvalue weighted by atomic mass is 9.67. The third-order valence-electron chi connectivity index (χ3n) is 5.68. The fraction of sp³-hybridized carbons (Fsp3) is 0.429. The van der Waals surface area contributed by atoms with Crippen LogP contribution >= 0.6 is 0 Å². The number of rotatable bonds is 6. The van der Waals surface area contributed by atoms with Crippen molar-refractivity contribution >= 4 is 0 Å². The molecule has 6 atom stereocenters. The molecule has 2 heteroatoms. The Kier molecular flexibility index (Phi) is 3.96. The molecule has 1 aromatic carbocycles. The second kappa shape index (κ2) is 6.10. The summed E-state index contributed by atoms with van der Waals surface area (Å²) in [5.74, 6) is 2.25. The summed E-state index contributed by atoms with van der Waals surface area (Å²) in [6.45, 7) is 8.83. The van der Waals surface area contributed by atoms with Crippen LogP contribution in [0.15, 0.2) is 61.7 Å². The number of allylic oxidation sites excluding steroid dienone is 2. The van der Waals surface area contributed by atoms with Gasteiger partial charge in [0.25, 0.3) is 0 Å². The SMILES string of the molecule is C=CCO[C@@H]1c2ccccc2[C@H](OCC=C)[C@H]2[C@@H]1[C@H]1C=C[C@@H]2C1. The van der Waals surface area contributed by atoms with Crippen molar-refractivity contribution in [3.63, 3.8) is 0 Å². The first-order valence-electron chi connectivity index (χ1n) is 8.57. The van der Waals surface area contributed by atoms with Gasteiger partial charge in [0.1, 0.15) is 0 Å². The molecule has 23 heavy (non-hydrogen) atoms. The summed E-state index contributed by atoms with van der Waals surface area (Å²) in [7, 11) is 0. The number of benzene rings is 1. The van der Waals surface area contributed by atoms with Crippen LogP contribution in [0.2, 0.25) is 0 Å². The van der Waals surface area contributed by atoms with Gasteiger partial charge in [0.05, 0.1) is 25.4 Å². The smallest absolute Gasteiger partial charge is 0.0870 e. The van der Waals surface area contributed by atoms with E-state index in [2.05, 4.69) is 49.6 Å². The van der Waals surface area contributed by atoms with Crippen LogP contribution in [0.1, 0.15) is 29.8 Å². The monoisotopic (exact) mass is 308 g/mol. The highest BCUT2D eigenvalue weighted by atomic mass is 16.5. The Hall–Kier alpha value is -1.64. The Morgan fingerprint density at radius 2 is 1.35 bits per heavy atom. The van der Waals surface area contributed by atoms with E-state index in [1.165, 1.54) is 17.5 Å². The molecule has 1 saturated carbocycles. The lowest BCUT2D eigenvalue weighted by Crippen LogP contribution is -2.38. The molecule has 0 unspecified atom stereocenters. The second-order valence-electron chi connectivity index (χ2n) is 6.82. The third kappa shape index (κ3) is 2.32. The molecule has 2 nitrogen and oxygen atoms in total. The van der Waals surface area contributed by atoms with Gasteiger partial charge in [-0.1, -0.05) is 48.6 Å². The molecule has 4 rings (SSSR count).